The van der Waals surface area contributed by atoms with E-state index in [1.165, 1.54) is 44.3 Å². The summed E-state index contributed by atoms with van der Waals surface area (Å²) in [7, 11) is 0. The van der Waals surface area contributed by atoms with Crippen molar-refractivity contribution in [3.05, 3.63) is 141 Å². The molecule has 79 heavy (non-hydrogen) atoms. The van der Waals surface area contributed by atoms with Crippen LogP contribution in [0.5, 0.6) is 11.5 Å². The fraction of sp³-hybridized carbons (Fsp3) is 0.393. The molecular weight excluding hydrogens is 1080 g/mol. The predicted octanol–water partition coefficient (Wildman–Crippen LogP) is 11.0. The summed E-state index contributed by atoms with van der Waals surface area (Å²) in [5.74, 6) is -0.762. The van der Waals surface area contributed by atoms with Gasteiger partial charge in [0.2, 0.25) is 5.91 Å². The number of aromatic nitrogens is 4. The maximum Gasteiger partial charge on any atom is 0.425 e. The highest BCUT2D eigenvalue weighted by atomic mass is 35.5. The van der Waals surface area contributed by atoms with Crippen LogP contribution in [0.3, 0.4) is 0 Å². The van der Waals surface area contributed by atoms with E-state index in [0.29, 0.717) is 47.7 Å². The molecular formula is C56H63Cl2F6N7O8. The Morgan fingerprint density at radius 1 is 0.646 bits per heavy atom. The van der Waals surface area contributed by atoms with Crippen molar-refractivity contribution in [1.29, 1.82) is 0 Å². The maximum atomic E-state index is 12.9. The van der Waals surface area contributed by atoms with E-state index in [0.717, 1.165) is 39.7 Å². The molecule has 2 heterocycles. The number of hydrogen-bond donors (Lipinski definition) is 5. The molecule has 15 nitrogen and oxygen atoms in total. The van der Waals surface area contributed by atoms with Gasteiger partial charge in [-0.2, -0.15) is 26.3 Å². The fourth-order valence-electron chi connectivity index (χ4n) is 8.17. The summed E-state index contributed by atoms with van der Waals surface area (Å²) in [6, 6.07) is 22.1. The van der Waals surface area contributed by atoms with Crippen molar-refractivity contribution in [3.63, 3.8) is 0 Å². The molecule has 0 aliphatic heterocycles. The number of hydrogen-bond acceptors (Lipinski definition) is 10. The van der Waals surface area contributed by atoms with Gasteiger partial charge in [0.25, 0.3) is 11.8 Å². The molecule has 5 N–H and O–H groups in total. The van der Waals surface area contributed by atoms with Gasteiger partial charge in [-0.3, -0.25) is 19.2 Å². The first-order valence-electron chi connectivity index (χ1n) is 25.2. The molecule has 2 unspecified atom stereocenters. The first kappa shape index (κ1) is 62.9. The lowest BCUT2D eigenvalue weighted by Gasteiger charge is -2.20. The third-order valence-electron chi connectivity index (χ3n) is 12.0. The zero-order valence-electron chi connectivity index (χ0n) is 44.4. The van der Waals surface area contributed by atoms with Gasteiger partial charge in [0.15, 0.2) is 17.7 Å². The highest BCUT2D eigenvalue weighted by Gasteiger charge is 2.38. The number of benzene rings is 4. The summed E-state index contributed by atoms with van der Waals surface area (Å²) >= 11 is 12.3. The molecule has 23 heteroatoms. The largest absolute Gasteiger partial charge is 0.489 e. The molecule has 3 amide bonds. The molecule has 4 atom stereocenters. The Morgan fingerprint density at radius 2 is 1.10 bits per heavy atom. The van der Waals surface area contributed by atoms with Crippen LogP contribution in [0.1, 0.15) is 116 Å². The van der Waals surface area contributed by atoms with Gasteiger partial charge in [0.1, 0.15) is 23.9 Å². The Bertz CT molecular complexity index is 3020. The third kappa shape index (κ3) is 18.9. The molecule has 0 fully saturated rings. The van der Waals surface area contributed by atoms with E-state index in [-0.39, 0.29) is 77.5 Å². The maximum absolute atomic E-state index is 12.9. The second-order valence-electron chi connectivity index (χ2n) is 18.9. The number of aliphatic hydroxyl groups excluding tert-OH is 2. The summed E-state index contributed by atoms with van der Waals surface area (Å²) < 4.78 is 90.4. The highest BCUT2D eigenvalue weighted by Crippen LogP contribution is 2.32. The minimum atomic E-state index is -4.55. The van der Waals surface area contributed by atoms with Crippen LogP contribution in [0.2, 0.25) is 10.0 Å². The van der Waals surface area contributed by atoms with Crippen LogP contribution in [-0.4, -0.2) is 103 Å². The average molecular weight is 1150 g/mol. The molecule has 6 aromatic rings. The topological polar surface area (TPSA) is 199 Å². The Balaban J connectivity index is 0.000000291. The van der Waals surface area contributed by atoms with E-state index in [1.54, 1.807) is 36.4 Å². The van der Waals surface area contributed by atoms with Crippen LogP contribution >= 0.6 is 23.2 Å². The summed E-state index contributed by atoms with van der Waals surface area (Å²) in [6.45, 7) is 10.2. The highest BCUT2D eigenvalue weighted by molar-refractivity contribution is 6.32. The first-order chi connectivity index (χ1) is 37.2. The van der Waals surface area contributed by atoms with E-state index < -0.39 is 42.7 Å². The quantitative estimate of drug-likeness (QED) is 0.0304. The normalized spacial score (nSPS) is 13.1. The minimum absolute atomic E-state index is 0.0701. The zero-order chi connectivity index (χ0) is 58.4. The SMILES string of the molecule is CC(=O)c1nc(-c2ccc(CC(CCO)NC(=O)c3ccc(OC(C)C)c(Cl)c3)cc2)cn1CC(F)(F)F.CCn1cc(-c2ccc(CC(CCO)NC(=O)c3ccc(O[C@@H](C)C(F)(F)F)c(Cl)c3)cc2)nc1[C@H](C)NC(C)=O. The Morgan fingerprint density at radius 3 is 1.49 bits per heavy atom. The van der Waals surface area contributed by atoms with Crippen LogP contribution in [0.4, 0.5) is 26.3 Å². The molecule has 6 rings (SSSR count). The van der Waals surface area contributed by atoms with E-state index in [1.807, 2.05) is 62.7 Å². The summed E-state index contributed by atoms with van der Waals surface area (Å²) in [5, 5.41) is 27.9. The van der Waals surface area contributed by atoms with Crippen molar-refractivity contribution in [2.45, 2.75) is 130 Å². The average Bonchev–Trinajstić information content (AvgIpc) is 4.01. The van der Waals surface area contributed by atoms with Gasteiger partial charge in [-0.1, -0.05) is 71.7 Å². The molecule has 426 valence electrons. The number of ether oxygens (including phenoxy) is 2. The predicted molar refractivity (Wildman–Crippen MR) is 287 cm³/mol. The number of halogens is 8. The standard InChI is InChI=1S/C29H34ClF3N4O4.C27H29ClF3N3O4/c1-5-37-16-25(36-27(37)17(2)34-19(4)39)21-8-6-20(7-9-21)14-23(12-13-38)35-28(40)22-10-11-26(24(30)15-22)41-18(3)29(31,32)33;1-16(2)38-24-9-8-20(13-22(24)28)26(37)32-21(10-11-35)12-18-4-6-19(7-5-18)23-14-34(15-27(29,30)31)25(33-23)17(3)36/h6-11,15-18,23,38H,5,12-14H2,1-4H3,(H,34,39)(H,35,40);4-9,13-14,16,21,35H,10-12,15H2,1-3H3,(H,32,37)/t17-,18-,23?;/m0./s1. The van der Waals surface area contributed by atoms with E-state index in [4.69, 9.17) is 37.7 Å². The monoisotopic (exact) mass is 1150 g/mol. The number of rotatable bonds is 23. The number of carbonyl (C=O) groups excluding carboxylic acids is 4. The minimum Gasteiger partial charge on any atom is -0.489 e. The van der Waals surface area contributed by atoms with E-state index >= 15 is 0 Å². The molecule has 4 aromatic carbocycles. The van der Waals surface area contributed by atoms with Crippen molar-refractivity contribution in [2.24, 2.45) is 0 Å². The lowest BCUT2D eigenvalue weighted by Crippen LogP contribution is -2.37. The van der Waals surface area contributed by atoms with Crippen molar-refractivity contribution in [2.75, 3.05) is 13.2 Å². The number of nitrogens with zero attached hydrogens (tertiary/aromatic N) is 4. The number of amides is 3. The number of ketones is 1. The number of alkyl halides is 6. The Kier molecular flexibility index (Phi) is 22.5. The molecule has 0 saturated carbocycles. The fourth-order valence-corrected chi connectivity index (χ4v) is 8.62. The molecule has 0 saturated heterocycles. The van der Waals surface area contributed by atoms with Gasteiger partial charge in [-0.15, -0.1) is 0 Å². The van der Waals surface area contributed by atoms with Crippen molar-refractivity contribution in [1.82, 2.24) is 35.1 Å². The van der Waals surface area contributed by atoms with Gasteiger partial charge in [0.05, 0.1) is 33.6 Å². The van der Waals surface area contributed by atoms with Crippen molar-refractivity contribution >= 4 is 46.7 Å². The Labute approximate surface area is 463 Å². The van der Waals surface area contributed by atoms with Crippen molar-refractivity contribution < 1.29 is 65.2 Å². The summed E-state index contributed by atoms with van der Waals surface area (Å²) in [4.78, 5) is 57.8. The van der Waals surface area contributed by atoms with Gasteiger partial charge in [-0.05, 0) is 108 Å². The van der Waals surface area contributed by atoms with Crippen LogP contribution < -0.4 is 25.4 Å². The van der Waals surface area contributed by atoms with Crippen LogP contribution in [0.15, 0.2) is 97.3 Å². The molecule has 0 aliphatic carbocycles. The molecule has 2 aromatic heterocycles. The second-order valence-corrected chi connectivity index (χ2v) is 19.7. The smallest absolute Gasteiger partial charge is 0.425 e. The molecule has 0 aliphatic rings. The van der Waals surface area contributed by atoms with Gasteiger partial charge in [-0.25, -0.2) is 9.97 Å². The second kappa shape index (κ2) is 28.3. The lowest BCUT2D eigenvalue weighted by molar-refractivity contribution is -0.189. The van der Waals surface area contributed by atoms with Crippen LogP contribution in [0.25, 0.3) is 22.5 Å². The van der Waals surface area contributed by atoms with Crippen molar-refractivity contribution in [3.8, 4) is 34.0 Å². The number of aryl methyl sites for hydroxylation is 1. The Hall–Kier alpha value is -6.94. The molecule has 0 spiro atoms. The number of nitrogens with one attached hydrogen (secondary N) is 3. The number of carbonyl (C=O) groups is 4. The van der Waals surface area contributed by atoms with Crippen LogP contribution in [-0.2, 0) is 30.7 Å². The van der Waals surface area contributed by atoms with Gasteiger partial charge < -0.3 is 44.8 Å². The number of aliphatic hydroxyl groups is 2. The number of Topliss-reactive ketones (excluding diaryl/α,β-unsaturated/α-hetero) is 1. The first-order valence-corrected chi connectivity index (χ1v) is 25.9. The summed E-state index contributed by atoms with van der Waals surface area (Å²) in [6.07, 6.45) is -6.62. The summed E-state index contributed by atoms with van der Waals surface area (Å²) in [5.41, 5.74) is 4.67. The zero-order valence-corrected chi connectivity index (χ0v) is 45.9. The van der Waals surface area contributed by atoms with Gasteiger partial charge >= 0.3 is 12.4 Å². The van der Waals surface area contributed by atoms with Gasteiger partial charge in [0, 0.05) is 80.3 Å². The van der Waals surface area contributed by atoms with E-state index in [2.05, 4.69) is 20.9 Å². The molecule has 0 radical (unpaired) electrons. The van der Waals surface area contributed by atoms with E-state index in [9.17, 15) is 55.7 Å². The van der Waals surface area contributed by atoms with Crippen LogP contribution in [0, 0.1) is 0 Å². The lowest BCUT2D eigenvalue weighted by atomic mass is 10.0. The number of imidazole rings is 2. The third-order valence-corrected chi connectivity index (χ3v) is 12.6. The molecule has 0 bridgehead atoms.